The number of carboxylic acids is 1. The summed E-state index contributed by atoms with van der Waals surface area (Å²) in [6.45, 7) is 1.80. The largest absolute Gasteiger partial charge is 0.497 e. The molecule has 0 heterocycles. The Kier molecular flexibility index (Phi) is 4.15. The van der Waals surface area contributed by atoms with Gasteiger partial charge in [0.05, 0.1) is 13.0 Å². The van der Waals surface area contributed by atoms with Gasteiger partial charge in [0.1, 0.15) is 5.75 Å². The van der Waals surface area contributed by atoms with Crippen molar-refractivity contribution in [2.45, 2.75) is 12.8 Å². The second-order valence-corrected chi connectivity index (χ2v) is 3.85. The number of nitrogens with two attached hydrogens (primary N) is 1. The molecule has 3 N–H and O–H groups in total. The van der Waals surface area contributed by atoms with Crippen LogP contribution in [0.5, 0.6) is 5.75 Å². The molecular weight excluding hydrogens is 230 g/mol. The summed E-state index contributed by atoms with van der Waals surface area (Å²) in [5.74, 6) is -1.21. The molecule has 0 saturated carbocycles. The second-order valence-electron chi connectivity index (χ2n) is 3.47. The minimum absolute atomic E-state index is 0.00165. The Morgan fingerprint density at radius 3 is 2.69 bits per heavy atom. The molecule has 1 rings (SSSR count). The Bertz CT molecular complexity index is 406. The molecule has 0 aliphatic rings. The molecule has 1 atom stereocenters. The Morgan fingerprint density at radius 1 is 1.62 bits per heavy atom. The fraction of sp³-hybridized carbons (Fsp3) is 0.364. The Balaban J connectivity index is 3.30. The number of rotatable bonds is 4. The zero-order valence-electron chi connectivity index (χ0n) is 9.16. The lowest BCUT2D eigenvalue weighted by Gasteiger charge is -2.15. The number of hydrogen-bond donors (Lipinski definition) is 2. The lowest BCUT2D eigenvalue weighted by atomic mass is 9.97. The van der Waals surface area contributed by atoms with Crippen molar-refractivity contribution in [1.82, 2.24) is 0 Å². The molecule has 0 bridgehead atoms. The summed E-state index contributed by atoms with van der Waals surface area (Å²) in [6.07, 6.45) is 0. The molecule has 1 aromatic carbocycles. The molecule has 4 nitrogen and oxygen atoms in total. The molecule has 0 amide bonds. The fourth-order valence-corrected chi connectivity index (χ4v) is 1.74. The number of aliphatic carboxylic acids is 1. The molecular formula is C11H14ClNO3. The van der Waals surface area contributed by atoms with Crippen molar-refractivity contribution in [2.24, 2.45) is 5.73 Å². The van der Waals surface area contributed by atoms with Gasteiger partial charge in [0, 0.05) is 11.6 Å². The first kappa shape index (κ1) is 12.8. The van der Waals surface area contributed by atoms with E-state index in [0.29, 0.717) is 16.3 Å². The minimum Gasteiger partial charge on any atom is -0.497 e. The van der Waals surface area contributed by atoms with Crippen molar-refractivity contribution < 1.29 is 14.6 Å². The van der Waals surface area contributed by atoms with E-state index in [0.717, 1.165) is 5.56 Å². The first-order chi connectivity index (χ1) is 7.51. The topological polar surface area (TPSA) is 72.5 Å². The highest BCUT2D eigenvalue weighted by atomic mass is 35.5. The standard InChI is InChI=1S/C11H14ClNO3/c1-6-3-7(16-2)4-8(10(6)12)9(5-13)11(14)15/h3-4,9H,5,13H2,1-2H3,(H,14,15). The lowest BCUT2D eigenvalue weighted by molar-refractivity contribution is -0.138. The third-order valence-corrected chi connectivity index (χ3v) is 2.92. The van der Waals surface area contributed by atoms with Crippen molar-refractivity contribution in [3.05, 3.63) is 28.3 Å². The molecule has 0 aliphatic carbocycles. The average molecular weight is 244 g/mol. The Labute approximate surface area is 99.0 Å². The number of methoxy groups -OCH3 is 1. The van der Waals surface area contributed by atoms with E-state index in [9.17, 15) is 4.79 Å². The van der Waals surface area contributed by atoms with Gasteiger partial charge in [0.25, 0.3) is 0 Å². The van der Waals surface area contributed by atoms with E-state index in [4.69, 9.17) is 27.2 Å². The van der Waals surface area contributed by atoms with Gasteiger partial charge in [-0.15, -0.1) is 0 Å². The monoisotopic (exact) mass is 243 g/mol. The molecule has 0 aliphatic heterocycles. The maximum Gasteiger partial charge on any atom is 0.312 e. The van der Waals surface area contributed by atoms with Crippen molar-refractivity contribution >= 4 is 17.6 Å². The fourth-order valence-electron chi connectivity index (χ4n) is 1.49. The van der Waals surface area contributed by atoms with Crippen LogP contribution in [0.25, 0.3) is 0 Å². The molecule has 0 fully saturated rings. The first-order valence-electron chi connectivity index (χ1n) is 4.78. The van der Waals surface area contributed by atoms with Gasteiger partial charge >= 0.3 is 5.97 Å². The van der Waals surface area contributed by atoms with Gasteiger partial charge in [-0.25, -0.2) is 0 Å². The van der Waals surface area contributed by atoms with Crippen LogP contribution in [0.3, 0.4) is 0 Å². The van der Waals surface area contributed by atoms with Crippen molar-refractivity contribution in [2.75, 3.05) is 13.7 Å². The molecule has 5 heteroatoms. The van der Waals surface area contributed by atoms with Crippen molar-refractivity contribution in [3.8, 4) is 5.75 Å². The number of hydrogen-bond acceptors (Lipinski definition) is 3. The van der Waals surface area contributed by atoms with Crippen molar-refractivity contribution in [1.29, 1.82) is 0 Å². The van der Waals surface area contributed by atoms with Gasteiger partial charge in [0.15, 0.2) is 0 Å². The third kappa shape index (κ3) is 2.46. The molecule has 1 unspecified atom stereocenters. The Hall–Kier alpha value is -1.26. The van der Waals surface area contributed by atoms with Crippen LogP contribution in [0, 0.1) is 6.92 Å². The predicted octanol–water partition coefficient (Wildman–Crippen LogP) is 1.78. The summed E-state index contributed by atoms with van der Waals surface area (Å²) >= 11 is 6.07. The van der Waals surface area contributed by atoms with Crippen LogP contribution in [0.1, 0.15) is 17.0 Å². The van der Waals surface area contributed by atoms with Crippen LogP contribution < -0.4 is 10.5 Å². The maximum absolute atomic E-state index is 11.0. The third-order valence-electron chi connectivity index (χ3n) is 2.40. The van der Waals surface area contributed by atoms with Crippen LogP contribution in [0.2, 0.25) is 5.02 Å². The summed E-state index contributed by atoms with van der Waals surface area (Å²) in [7, 11) is 1.52. The predicted molar refractivity (Wildman–Crippen MR) is 62.2 cm³/mol. The zero-order chi connectivity index (χ0) is 12.3. The number of halogens is 1. The number of carbonyl (C=O) groups is 1. The van der Waals surface area contributed by atoms with Crippen LogP contribution >= 0.6 is 11.6 Å². The first-order valence-corrected chi connectivity index (χ1v) is 5.16. The average Bonchev–Trinajstić information content (AvgIpc) is 2.24. The van der Waals surface area contributed by atoms with Gasteiger partial charge in [-0.2, -0.15) is 0 Å². The normalized spacial score (nSPS) is 12.2. The molecule has 16 heavy (non-hydrogen) atoms. The van der Waals surface area contributed by atoms with E-state index >= 15 is 0 Å². The highest BCUT2D eigenvalue weighted by Gasteiger charge is 2.22. The lowest BCUT2D eigenvalue weighted by Crippen LogP contribution is -2.21. The van der Waals surface area contributed by atoms with Crippen LogP contribution in [-0.2, 0) is 4.79 Å². The smallest absolute Gasteiger partial charge is 0.312 e. The summed E-state index contributed by atoms with van der Waals surface area (Å²) < 4.78 is 5.07. The summed E-state index contributed by atoms with van der Waals surface area (Å²) in [5, 5.41) is 9.46. The van der Waals surface area contributed by atoms with Gasteiger partial charge in [-0.3, -0.25) is 4.79 Å². The molecule has 1 aromatic rings. The van der Waals surface area contributed by atoms with E-state index in [1.807, 2.05) is 0 Å². The van der Waals surface area contributed by atoms with Gasteiger partial charge in [-0.05, 0) is 30.2 Å². The quantitative estimate of drug-likeness (QED) is 0.846. The van der Waals surface area contributed by atoms with Crippen LogP contribution in [0.15, 0.2) is 12.1 Å². The SMILES string of the molecule is COc1cc(C)c(Cl)c(C(CN)C(=O)O)c1. The number of benzene rings is 1. The summed E-state index contributed by atoms with van der Waals surface area (Å²) in [5.41, 5.74) is 6.70. The van der Waals surface area contributed by atoms with E-state index in [1.54, 1.807) is 19.1 Å². The maximum atomic E-state index is 11.0. The Morgan fingerprint density at radius 2 is 2.25 bits per heavy atom. The highest BCUT2D eigenvalue weighted by molar-refractivity contribution is 6.32. The number of ether oxygens (including phenoxy) is 1. The molecule has 0 radical (unpaired) electrons. The van der Waals surface area contributed by atoms with E-state index in [2.05, 4.69) is 0 Å². The van der Waals surface area contributed by atoms with Gasteiger partial charge in [0.2, 0.25) is 0 Å². The second kappa shape index (κ2) is 5.18. The summed E-state index contributed by atoms with van der Waals surface area (Å²) in [6, 6.07) is 3.36. The van der Waals surface area contributed by atoms with Crippen LogP contribution in [-0.4, -0.2) is 24.7 Å². The molecule has 88 valence electrons. The van der Waals surface area contributed by atoms with E-state index < -0.39 is 11.9 Å². The highest BCUT2D eigenvalue weighted by Crippen LogP contribution is 2.31. The van der Waals surface area contributed by atoms with Gasteiger partial charge < -0.3 is 15.6 Å². The molecule has 0 aromatic heterocycles. The number of aryl methyl sites for hydroxylation is 1. The molecule has 0 spiro atoms. The number of carboxylic acid groups (broad SMARTS) is 1. The van der Waals surface area contributed by atoms with Gasteiger partial charge in [-0.1, -0.05) is 11.6 Å². The van der Waals surface area contributed by atoms with Crippen molar-refractivity contribution in [3.63, 3.8) is 0 Å². The zero-order valence-corrected chi connectivity index (χ0v) is 9.91. The molecule has 0 saturated heterocycles. The summed E-state index contributed by atoms with van der Waals surface area (Å²) in [4.78, 5) is 11.0. The minimum atomic E-state index is -0.989. The van der Waals surface area contributed by atoms with E-state index in [1.165, 1.54) is 7.11 Å². The van der Waals surface area contributed by atoms with E-state index in [-0.39, 0.29) is 6.54 Å². The van der Waals surface area contributed by atoms with Crippen LogP contribution in [0.4, 0.5) is 0 Å².